The van der Waals surface area contributed by atoms with Crippen LogP contribution in [0.15, 0.2) is 54.9 Å². The molecule has 198 valence electrons. The Morgan fingerprint density at radius 3 is 2.32 bits per heavy atom. The number of hydrogen-bond acceptors (Lipinski definition) is 6. The fourth-order valence-corrected chi connectivity index (χ4v) is 4.43. The Kier molecular flexibility index (Phi) is 6.91. The summed E-state index contributed by atoms with van der Waals surface area (Å²) in [4.78, 5) is 19.1. The molecule has 4 aromatic heterocycles. The van der Waals surface area contributed by atoms with E-state index in [0.29, 0.717) is 23.3 Å². The summed E-state index contributed by atoms with van der Waals surface area (Å²) in [6.45, 7) is 2.27. The Morgan fingerprint density at radius 2 is 1.63 bits per heavy atom. The van der Waals surface area contributed by atoms with Crippen molar-refractivity contribution in [3.8, 4) is 11.4 Å². The Morgan fingerprint density at radius 1 is 0.842 bits per heavy atom. The van der Waals surface area contributed by atoms with Gasteiger partial charge in [0.25, 0.3) is 0 Å². The molecule has 4 aromatic rings. The first-order chi connectivity index (χ1) is 18.1. The summed E-state index contributed by atoms with van der Waals surface area (Å²) >= 11 is 0. The number of halogens is 6. The van der Waals surface area contributed by atoms with E-state index in [9.17, 15) is 26.3 Å². The van der Waals surface area contributed by atoms with E-state index in [0.717, 1.165) is 50.7 Å². The highest BCUT2D eigenvalue weighted by molar-refractivity contribution is 5.92. The van der Waals surface area contributed by atoms with E-state index in [1.807, 2.05) is 0 Å². The van der Waals surface area contributed by atoms with Crippen molar-refractivity contribution in [3.05, 3.63) is 71.7 Å². The zero-order chi connectivity index (χ0) is 26.9. The van der Waals surface area contributed by atoms with E-state index in [4.69, 9.17) is 0 Å². The average molecular weight is 532 g/mol. The molecule has 5 rings (SSSR count). The molecule has 0 atom stereocenters. The van der Waals surface area contributed by atoms with Gasteiger partial charge in [-0.2, -0.15) is 26.3 Å². The van der Waals surface area contributed by atoms with Crippen LogP contribution in [0.3, 0.4) is 0 Å². The molecule has 1 N–H and O–H groups in total. The summed E-state index contributed by atoms with van der Waals surface area (Å²) in [5.74, 6) is 0.169. The summed E-state index contributed by atoms with van der Waals surface area (Å²) in [6.07, 6.45) is -3.89. The van der Waals surface area contributed by atoms with Crippen molar-refractivity contribution in [1.29, 1.82) is 0 Å². The van der Waals surface area contributed by atoms with Gasteiger partial charge < -0.3 is 5.32 Å². The molecule has 5 heterocycles. The molecular formula is C26H22F6N6. The van der Waals surface area contributed by atoms with E-state index in [1.165, 1.54) is 24.4 Å². The summed E-state index contributed by atoms with van der Waals surface area (Å²) in [5, 5.41) is 3.50. The molecule has 1 aliphatic rings. The van der Waals surface area contributed by atoms with E-state index in [-0.39, 0.29) is 22.9 Å². The minimum atomic E-state index is -4.62. The number of piperidine rings is 1. The van der Waals surface area contributed by atoms with Gasteiger partial charge in [0.15, 0.2) is 5.65 Å². The SMILES string of the molecule is FC(F)(F)c1ccc(Nc2cc(CN3CCCCC3)nc3nc(-c4ncccc4C(F)(F)F)ccc23)nc1. The maximum Gasteiger partial charge on any atom is 0.418 e. The van der Waals surface area contributed by atoms with Crippen molar-refractivity contribution >= 4 is 22.5 Å². The highest BCUT2D eigenvalue weighted by Crippen LogP contribution is 2.36. The topological polar surface area (TPSA) is 66.8 Å². The Labute approximate surface area is 213 Å². The van der Waals surface area contributed by atoms with Crippen molar-refractivity contribution < 1.29 is 26.3 Å². The quantitative estimate of drug-likeness (QED) is 0.284. The van der Waals surface area contributed by atoms with Gasteiger partial charge in [-0.15, -0.1) is 0 Å². The number of fused-ring (bicyclic) bond motifs is 1. The third kappa shape index (κ3) is 5.69. The predicted molar refractivity (Wildman–Crippen MR) is 129 cm³/mol. The van der Waals surface area contributed by atoms with Crippen LogP contribution in [0.2, 0.25) is 0 Å². The minimum Gasteiger partial charge on any atom is -0.340 e. The number of nitrogens with one attached hydrogen (secondary N) is 1. The maximum absolute atomic E-state index is 13.6. The Balaban J connectivity index is 1.57. The van der Waals surface area contributed by atoms with Crippen LogP contribution >= 0.6 is 0 Å². The molecule has 0 bridgehead atoms. The minimum absolute atomic E-state index is 0.00616. The first kappa shape index (κ1) is 25.8. The fraction of sp³-hybridized carbons (Fsp3) is 0.308. The van der Waals surface area contributed by atoms with Gasteiger partial charge in [0.1, 0.15) is 11.5 Å². The van der Waals surface area contributed by atoms with Crippen molar-refractivity contribution in [1.82, 2.24) is 24.8 Å². The summed E-state index contributed by atoms with van der Waals surface area (Å²) < 4.78 is 79.7. The van der Waals surface area contributed by atoms with Crippen LogP contribution in [0.25, 0.3) is 22.4 Å². The van der Waals surface area contributed by atoms with Gasteiger partial charge in [-0.25, -0.2) is 15.0 Å². The molecule has 38 heavy (non-hydrogen) atoms. The molecule has 0 aromatic carbocycles. The normalized spacial score (nSPS) is 15.1. The number of alkyl halides is 6. The first-order valence-corrected chi connectivity index (χ1v) is 11.9. The molecule has 0 saturated carbocycles. The van der Waals surface area contributed by atoms with Gasteiger partial charge in [0.2, 0.25) is 0 Å². The van der Waals surface area contributed by atoms with E-state index in [2.05, 4.69) is 30.2 Å². The van der Waals surface area contributed by atoms with Crippen LogP contribution in [0.1, 0.15) is 36.1 Å². The zero-order valence-corrected chi connectivity index (χ0v) is 19.9. The Bertz CT molecular complexity index is 1430. The molecule has 1 aliphatic heterocycles. The van der Waals surface area contributed by atoms with Crippen molar-refractivity contribution in [2.24, 2.45) is 0 Å². The van der Waals surface area contributed by atoms with Gasteiger partial charge in [0.05, 0.1) is 28.2 Å². The molecule has 0 aliphatic carbocycles. The van der Waals surface area contributed by atoms with E-state index in [1.54, 1.807) is 12.1 Å². The zero-order valence-electron chi connectivity index (χ0n) is 19.9. The lowest BCUT2D eigenvalue weighted by Crippen LogP contribution is -2.29. The van der Waals surface area contributed by atoms with E-state index < -0.39 is 23.5 Å². The number of aromatic nitrogens is 4. The lowest BCUT2D eigenvalue weighted by molar-refractivity contribution is -0.138. The van der Waals surface area contributed by atoms with Crippen molar-refractivity contribution in [2.45, 2.75) is 38.2 Å². The highest BCUT2D eigenvalue weighted by Gasteiger charge is 2.35. The van der Waals surface area contributed by atoms with Gasteiger partial charge >= 0.3 is 12.4 Å². The second-order valence-electron chi connectivity index (χ2n) is 9.02. The number of nitrogens with zero attached hydrogens (tertiary/aromatic N) is 5. The lowest BCUT2D eigenvalue weighted by atomic mass is 10.1. The van der Waals surface area contributed by atoms with Gasteiger partial charge in [-0.1, -0.05) is 6.42 Å². The van der Waals surface area contributed by atoms with Crippen LogP contribution in [0.4, 0.5) is 37.8 Å². The number of rotatable bonds is 5. The molecule has 12 heteroatoms. The fourth-order valence-electron chi connectivity index (χ4n) is 4.43. The van der Waals surface area contributed by atoms with E-state index >= 15 is 0 Å². The molecule has 0 unspecified atom stereocenters. The maximum atomic E-state index is 13.6. The van der Waals surface area contributed by atoms with Gasteiger partial charge in [-0.3, -0.25) is 9.88 Å². The second kappa shape index (κ2) is 10.2. The summed E-state index contributed by atoms with van der Waals surface area (Å²) in [6, 6.07) is 9.03. The Hall–Kier alpha value is -3.80. The smallest absolute Gasteiger partial charge is 0.340 e. The predicted octanol–water partition coefficient (Wildman–Crippen LogP) is 6.85. The largest absolute Gasteiger partial charge is 0.418 e. The average Bonchev–Trinajstić information content (AvgIpc) is 2.88. The number of likely N-dealkylation sites (tertiary alicyclic amines) is 1. The summed E-state index contributed by atoms with van der Waals surface area (Å²) in [7, 11) is 0. The number of pyridine rings is 4. The van der Waals surface area contributed by atoms with Crippen molar-refractivity contribution in [2.75, 3.05) is 18.4 Å². The molecule has 1 fully saturated rings. The molecular weight excluding hydrogens is 510 g/mol. The van der Waals surface area contributed by atoms with Gasteiger partial charge in [-0.05, 0) is 68.4 Å². The van der Waals surface area contributed by atoms with Crippen LogP contribution in [-0.4, -0.2) is 37.9 Å². The van der Waals surface area contributed by atoms with Crippen LogP contribution in [0.5, 0.6) is 0 Å². The standard InChI is InChI=1S/C26H22F6N6/c27-25(28,29)16-6-9-22(34-14-16)36-21-13-17(15-38-11-2-1-3-12-38)35-24-18(21)7-8-20(37-24)23-19(26(30,31)32)5-4-10-33-23/h4-10,13-14H,1-3,11-12,15H2,(H,34,35,36,37). The van der Waals surface area contributed by atoms with Crippen LogP contribution in [0, 0.1) is 0 Å². The molecule has 0 radical (unpaired) electrons. The van der Waals surface area contributed by atoms with Crippen LogP contribution < -0.4 is 5.32 Å². The van der Waals surface area contributed by atoms with Crippen molar-refractivity contribution in [3.63, 3.8) is 0 Å². The van der Waals surface area contributed by atoms with Crippen LogP contribution in [-0.2, 0) is 18.9 Å². The molecule has 0 amide bonds. The third-order valence-electron chi connectivity index (χ3n) is 6.27. The lowest BCUT2D eigenvalue weighted by Gasteiger charge is -2.26. The first-order valence-electron chi connectivity index (χ1n) is 11.9. The number of anilines is 2. The summed E-state index contributed by atoms with van der Waals surface area (Å²) in [5.41, 5.74) is -0.819. The highest BCUT2D eigenvalue weighted by atomic mass is 19.4. The molecule has 0 spiro atoms. The molecule has 6 nitrogen and oxygen atoms in total. The third-order valence-corrected chi connectivity index (χ3v) is 6.27. The van der Waals surface area contributed by atoms with Gasteiger partial charge in [0, 0.05) is 24.3 Å². The monoisotopic (exact) mass is 532 g/mol. The molecule has 1 saturated heterocycles. The second-order valence-corrected chi connectivity index (χ2v) is 9.02. The number of hydrogen-bond donors (Lipinski definition) is 1.